The summed E-state index contributed by atoms with van der Waals surface area (Å²) in [5.41, 5.74) is 3.79. The summed E-state index contributed by atoms with van der Waals surface area (Å²) in [6.07, 6.45) is 1.97. The van der Waals surface area contributed by atoms with Crippen molar-refractivity contribution >= 4 is 17.4 Å². The Morgan fingerprint density at radius 2 is 1.82 bits per heavy atom. The van der Waals surface area contributed by atoms with Gasteiger partial charge in [-0.2, -0.15) is 0 Å². The summed E-state index contributed by atoms with van der Waals surface area (Å²) in [7, 11) is 0. The number of rotatable bonds is 4. The third kappa shape index (κ3) is 3.74. The molecular formula is C23H24N4O. The van der Waals surface area contributed by atoms with Crippen LogP contribution in [0.4, 0.5) is 11.5 Å². The van der Waals surface area contributed by atoms with Crippen LogP contribution in [-0.2, 0) is 6.42 Å². The van der Waals surface area contributed by atoms with Crippen molar-refractivity contribution in [2.45, 2.75) is 32.7 Å². The predicted octanol–water partition coefficient (Wildman–Crippen LogP) is 4.55. The summed E-state index contributed by atoms with van der Waals surface area (Å²) in [6, 6.07) is 20.1. The number of aromatic nitrogens is 2. The number of nitrogens with zero attached hydrogens (tertiary/aromatic N) is 3. The van der Waals surface area contributed by atoms with E-state index < -0.39 is 0 Å². The molecular weight excluding hydrogens is 348 g/mol. The number of hydrogen-bond donors (Lipinski definition) is 1. The molecule has 0 fully saturated rings. The minimum absolute atomic E-state index is 0.0759. The summed E-state index contributed by atoms with van der Waals surface area (Å²) in [5.74, 6) is 1.17. The number of nitrogens with one attached hydrogen (secondary N) is 1. The quantitative estimate of drug-likeness (QED) is 0.730. The lowest BCUT2D eigenvalue weighted by atomic mass is 10.0. The van der Waals surface area contributed by atoms with Crippen molar-refractivity contribution in [1.29, 1.82) is 0 Å². The van der Waals surface area contributed by atoms with E-state index in [1.165, 1.54) is 5.56 Å². The monoisotopic (exact) mass is 372 g/mol. The van der Waals surface area contributed by atoms with Crippen LogP contribution in [0.25, 0.3) is 0 Å². The van der Waals surface area contributed by atoms with E-state index in [9.17, 15) is 4.79 Å². The molecule has 0 spiro atoms. The SMILES string of the molecule is Cc1nc(NC(C)c2ccccc2)cc(C(=O)N2CCCc3ccccc32)n1. The number of carbonyl (C=O) groups excluding carboxylic acids is 1. The van der Waals surface area contributed by atoms with Gasteiger partial charge in [-0.1, -0.05) is 48.5 Å². The zero-order valence-electron chi connectivity index (χ0n) is 16.2. The van der Waals surface area contributed by atoms with Crippen LogP contribution >= 0.6 is 0 Å². The van der Waals surface area contributed by atoms with Crippen molar-refractivity contribution in [3.8, 4) is 0 Å². The number of fused-ring (bicyclic) bond motifs is 1. The largest absolute Gasteiger partial charge is 0.363 e. The van der Waals surface area contributed by atoms with Crippen LogP contribution < -0.4 is 10.2 Å². The first-order valence-corrected chi connectivity index (χ1v) is 9.69. The van der Waals surface area contributed by atoms with Gasteiger partial charge in [0, 0.05) is 24.3 Å². The zero-order chi connectivity index (χ0) is 19.5. The zero-order valence-corrected chi connectivity index (χ0v) is 16.2. The molecule has 1 unspecified atom stereocenters. The lowest BCUT2D eigenvalue weighted by Crippen LogP contribution is -2.36. The van der Waals surface area contributed by atoms with Gasteiger partial charge in [-0.25, -0.2) is 9.97 Å². The third-order valence-corrected chi connectivity index (χ3v) is 5.08. The van der Waals surface area contributed by atoms with Crippen molar-refractivity contribution in [2.75, 3.05) is 16.8 Å². The van der Waals surface area contributed by atoms with Crippen LogP contribution in [0, 0.1) is 6.92 Å². The van der Waals surface area contributed by atoms with Crippen LogP contribution in [0.15, 0.2) is 60.7 Å². The van der Waals surface area contributed by atoms with Gasteiger partial charge in [0.05, 0.1) is 0 Å². The van der Waals surface area contributed by atoms with Gasteiger partial charge < -0.3 is 10.2 Å². The second-order valence-corrected chi connectivity index (χ2v) is 7.15. The van der Waals surface area contributed by atoms with Gasteiger partial charge in [-0.05, 0) is 43.9 Å². The molecule has 0 saturated carbocycles. The lowest BCUT2D eigenvalue weighted by molar-refractivity contribution is 0.0980. The van der Waals surface area contributed by atoms with E-state index in [0.717, 1.165) is 24.1 Å². The van der Waals surface area contributed by atoms with Gasteiger partial charge in [0.1, 0.15) is 17.3 Å². The molecule has 0 aliphatic carbocycles. The lowest BCUT2D eigenvalue weighted by Gasteiger charge is -2.29. The molecule has 0 saturated heterocycles. The Hall–Kier alpha value is -3.21. The Bertz CT molecular complexity index is 987. The highest BCUT2D eigenvalue weighted by atomic mass is 16.2. The fourth-order valence-electron chi connectivity index (χ4n) is 3.68. The van der Waals surface area contributed by atoms with E-state index in [0.29, 0.717) is 23.9 Å². The number of para-hydroxylation sites is 1. The number of benzene rings is 2. The van der Waals surface area contributed by atoms with Crippen molar-refractivity contribution in [3.63, 3.8) is 0 Å². The average molecular weight is 372 g/mol. The molecule has 0 radical (unpaired) electrons. The number of hydrogen-bond acceptors (Lipinski definition) is 4. The molecule has 142 valence electrons. The summed E-state index contributed by atoms with van der Waals surface area (Å²) < 4.78 is 0. The molecule has 2 heterocycles. The smallest absolute Gasteiger partial charge is 0.277 e. The molecule has 0 bridgehead atoms. The molecule has 1 aromatic heterocycles. The van der Waals surface area contributed by atoms with Crippen LogP contribution in [0.2, 0.25) is 0 Å². The van der Waals surface area contributed by atoms with Crippen LogP contribution in [0.3, 0.4) is 0 Å². The molecule has 4 rings (SSSR count). The van der Waals surface area contributed by atoms with Gasteiger partial charge in [-0.3, -0.25) is 4.79 Å². The Labute approximate surface area is 165 Å². The van der Waals surface area contributed by atoms with E-state index >= 15 is 0 Å². The minimum atomic E-state index is -0.0759. The highest BCUT2D eigenvalue weighted by molar-refractivity contribution is 6.05. The second kappa shape index (κ2) is 7.80. The van der Waals surface area contributed by atoms with Gasteiger partial charge >= 0.3 is 0 Å². The maximum absolute atomic E-state index is 13.2. The summed E-state index contributed by atoms with van der Waals surface area (Å²) in [4.78, 5) is 24.0. The molecule has 28 heavy (non-hydrogen) atoms. The number of carbonyl (C=O) groups is 1. The third-order valence-electron chi connectivity index (χ3n) is 5.08. The first-order valence-electron chi connectivity index (χ1n) is 9.69. The van der Waals surface area contributed by atoms with Crippen molar-refractivity contribution < 1.29 is 4.79 Å². The highest BCUT2D eigenvalue weighted by Gasteiger charge is 2.25. The predicted molar refractivity (Wildman–Crippen MR) is 112 cm³/mol. The van der Waals surface area contributed by atoms with Crippen LogP contribution in [-0.4, -0.2) is 22.4 Å². The Balaban J connectivity index is 1.60. The normalized spacial score (nSPS) is 14.3. The van der Waals surface area contributed by atoms with E-state index in [1.807, 2.05) is 48.2 Å². The van der Waals surface area contributed by atoms with Gasteiger partial charge in [0.15, 0.2) is 0 Å². The molecule has 5 nitrogen and oxygen atoms in total. The molecule has 1 aliphatic heterocycles. The molecule has 1 atom stereocenters. The van der Waals surface area contributed by atoms with E-state index in [-0.39, 0.29) is 11.9 Å². The standard InChI is InChI=1S/C23H24N4O/c1-16(18-9-4-3-5-10-18)24-22-15-20(25-17(2)26-22)23(28)27-14-8-12-19-11-6-7-13-21(19)27/h3-7,9-11,13,15-16H,8,12,14H2,1-2H3,(H,24,25,26). The van der Waals surface area contributed by atoms with Gasteiger partial charge in [-0.15, -0.1) is 0 Å². The highest BCUT2D eigenvalue weighted by Crippen LogP contribution is 2.28. The number of anilines is 2. The Morgan fingerprint density at radius 3 is 2.64 bits per heavy atom. The maximum Gasteiger partial charge on any atom is 0.277 e. The van der Waals surface area contributed by atoms with Crippen molar-refractivity contribution in [1.82, 2.24) is 9.97 Å². The molecule has 2 aromatic carbocycles. The number of aryl methyl sites for hydroxylation is 2. The summed E-state index contributed by atoms with van der Waals surface area (Å²) in [5, 5.41) is 3.39. The first-order chi connectivity index (χ1) is 13.6. The minimum Gasteiger partial charge on any atom is -0.363 e. The first kappa shape index (κ1) is 18.2. The van der Waals surface area contributed by atoms with Crippen LogP contribution in [0.1, 0.15) is 46.8 Å². The maximum atomic E-state index is 13.2. The van der Waals surface area contributed by atoms with E-state index in [2.05, 4.69) is 40.4 Å². The van der Waals surface area contributed by atoms with Crippen LogP contribution in [0.5, 0.6) is 0 Å². The molecule has 1 aliphatic rings. The Kier molecular flexibility index (Phi) is 5.06. The molecule has 1 N–H and O–H groups in total. The van der Waals surface area contributed by atoms with Crippen molar-refractivity contribution in [2.24, 2.45) is 0 Å². The molecule has 3 aromatic rings. The summed E-state index contributed by atoms with van der Waals surface area (Å²) in [6.45, 7) is 4.61. The fourth-order valence-corrected chi connectivity index (χ4v) is 3.68. The summed E-state index contributed by atoms with van der Waals surface area (Å²) >= 11 is 0. The van der Waals surface area contributed by atoms with Gasteiger partial charge in [0.2, 0.25) is 0 Å². The van der Waals surface area contributed by atoms with Gasteiger partial charge in [0.25, 0.3) is 5.91 Å². The number of amides is 1. The fraction of sp³-hybridized carbons (Fsp3) is 0.261. The average Bonchev–Trinajstić information content (AvgIpc) is 2.73. The molecule has 5 heteroatoms. The van der Waals surface area contributed by atoms with Crippen molar-refractivity contribution in [3.05, 3.63) is 83.3 Å². The second-order valence-electron chi connectivity index (χ2n) is 7.15. The molecule has 1 amide bonds. The topological polar surface area (TPSA) is 58.1 Å². The Morgan fingerprint density at radius 1 is 1.07 bits per heavy atom. The van der Waals surface area contributed by atoms with E-state index in [1.54, 1.807) is 6.07 Å². The van der Waals surface area contributed by atoms with E-state index in [4.69, 9.17) is 0 Å².